The van der Waals surface area contributed by atoms with Gasteiger partial charge in [-0.15, -0.1) is 0 Å². The van der Waals surface area contributed by atoms with E-state index >= 15 is 0 Å². The highest BCUT2D eigenvalue weighted by molar-refractivity contribution is 5.11. The lowest BCUT2D eigenvalue weighted by Crippen LogP contribution is -2.16. The number of nitrogens with one attached hydrogen (secondary N) is 1. The number of rotatable bonds is 6. The summed E-state index contributed by atoms with van der Waals surface area (Å²) in [5.74, 6) is 0. The maximum atomic E-state index is 4.25. The highest BCUT2D eigenvalue weighted by Gasteiger charge is 2.07. The predicted octanol–water partition coefficient (Wildman–Crippen LogP) is 2.42. The summed E-state index contributed by atoms with van der Waals surface area (Å²) in [4.78, 5) is 4.25. The average molecular weight is 246 g/mol. The zero-order valence-electron chi connectivity index (χ0n) is 11.4. The van der Waals surface area contributed by atoms with Crippen LogP contribution in [0, 0.1) is 0 Å². The Hall–Kier alpha value is -1.55. The van der Waals surface area contributed by atoms with E-state index in [2.05, 4.69) is 58.5 Å². The maximum Gasteiger partial charge on any atom is 0.0951 e. The molecule has 2 aromatic rings. The molecule has 0 saturated heterocycles. The average Bonchev–Trinajstić information content (AvgIpc) is 2.96. The van der Waals surface area contributed by atoms with E-state index in [0.717, 1.165) is 19.6 Å². The highest BCUT2D eigenvalue weighted by Crippen LogP contribution is 2.12. The Bertz CT molecular complexity index is 481. The van der Waals surface area contributed by atoms with Crippen molar-refractivity contribution >= 4 is 0 Å². The molecule has 4 nitrogen and oxygen atoms in total. The van der Waals surface area contributed by atoms with E-state index in [1.54, 1.807) is 0 Å². The first-order chi connectivity index (χ1) is 8.72. The molecule has 0 fully saturated rings. The molecule has 0 aromatic carbocycles. The van der Waals surface area contributed by atoms with Crippen molar-refractivity contribution in [2.45, 2.75) is 39.9 Å². The third-order valence-electron chi connectivity index (χ3n) is 3.11. The van der Waals surface area contributed by atoms with Crippen LogP contribution in [0.3, 0.4) is 0 Å². The normalized spacial score (nSPS) is 11.3. The van der Waals surface area contributed by atoms with E-state index < -0.39 is 0 Å². The molecule has 0 unspecified atom stereocenters. The van der Waals surface area contributed by atoms with Crippen molar-refractivity contribution in [2.24, 2.45) is 0 Å². The van der Waals surface area contributed by atoms with E-state index in [1.807, 2.05) is 12.5 Å². The minimum Gasteiger partial charge on any atom is -0.344 e. The lowest BCUT2D eigenvalue weighted by Gasteiger charge is -2.14. The zero-order chi connectivity index (χ0) is 13.0. The fourth-order valence-electron chi connectivity index (χ4n) is 2.11. The van der Waals surface area contributed by atoms with Crippen LogP contribution >= 0.6 is 0 Å². The fraction of sp³-hybridized carbons (Fsp3) is 0.500. The van der Waals surface area contributed by atoms with Gasteiger partial charge in [0.05, 0.1) is 18.6 Å². The third-order valence-corrected chi connectivity index (χ3v) is 3.11. The van der Waals surface area contributed by atoms with E-state index in [-0.39, 0.29) is 0 Å². The molecule has 98 valence electrons. The largest absolute Gasteiger partial charge is 0.344 e. The van der Waals surface area contributed by atoms with Gasteiger partial charge in [0.1, 0.15) is 0 Å². The zero-order valence-corrected chi connectivity index (χ0v) is 11.4. The monoisotopic (exact) mass is 246 g/mol. The van der Waals surface area contributed by atoms with Crippen molar-refractivity contribution < 1.29 is 0 Å². The van der Waals surface area contributed by atoms with Crippen molar-refractivity contribution in [3.05, 3.63) is 42.2 Å². The summed E-state index contributed by atoms with van der Waals surface area (Å²) in [6.07, 6.45) is 5.99. The first-order valence-corrected chi connectivity index (χ1v) is 6.57. The second kappa shape index (κ2) is 5.87. The Kier molecular flexibility index (Phi) is 4.20. The molecule has 18 heavy (non-hydrogen) atoms. The van der Waals surface area contributed by atoms with Crippen molar-refractivity contribution in [3.63, 3.8) is 0 Å². The van der Waals surface area contributed by atoms with E-state index in [0.29, 0.717) is 6.04 Å². The van der Waals surface area contributed by atoms with Gasteiger partial charge < -0.3 is 14.5 Å². The number of imidazole rings is 1. The van der Waals surface area contributed by atoms with Crippen molar-refractivity contribution in [3.8, 4) is 0 Å². The van der Waals surface area contributed by atoms with E-state index in [4.69, 9.17) is 0 Å². The molecule has 2 aromatic heterocycles. The highest BCUT2D eigenvalue weighted by atomic mass is 15.1. The van der Waals surface area contributed by atoms with Crippen LogP contribution in [0.15, 0.2) is 30.9 Å². The predicted molar refractivity (Wildman–Crippen MR) is 73.5 cm³/mol. The first kappa shape index (κ1) is 12.9. The lowest BCUT2D eigenvalue weighted by molar-refractivity contribution is 0.554. The number of hydrogen-bond donors (Lipinski definition) is 1. The van der Waals surface area contributed by atoms with Gasteiger partial charge in [-0.3, -0.25) is 0 Å². The van der Waals surface area contributed by atoms with Gasteiger partial charge in [0.25, 0.3) is 0 Å². The molecule has 0 amide bonds. The molecule has 0 radical (unpaired) electrons. The Labute approximate surface area is 109 Å². The molecule has 1 N–H and O–H groups in total. The molecule has 0 bridgehead atoms. The standard InChI is InChI=1S/C14H22N4/c1-4-15-8-13-6-5-7-17(13)10-14-9-16-11-18(14)12(2)3/h5-7,9,11-12,15H,4,8,10H2,1-3H3. The minimum absolute atomic E-state index is 0.454. The summed E-state index contributed by atoms with van der Waals surface area (Å²) >= 11 is 0. The third kappa shape index (κ3) is 2.82. The molecular weight excluding hydrogens is 224 g/mol. The van der Waals surface area contributed by atoms with Crippen LogP contribution in [-0.4, -0.2) is 20.7 Å². The van der Waals surface area contributed by atoms with E-state index in [9.17, 15) is 0 Å². The van der Waals surface area contributed by atoms with Crippen molar-refractivity contribution in [2.75, 3.05) is 6.54 Å². The van der Waals surface area contributed by atoms with Gasteiger partial charge in [-0.1, -0.05) is 6.92 Å². The van der Waals surface area contributed by atoms with Gasteiger partial charge in [0.2, 0.25) is 0 Å². The summed E-state index contributed by atoms with van der Waals surface area (Å²) < 4.78 is 4.50. The summed E-state index contributed by atoms with van der Waals surface area (Å²) in [6.45, 7) is 9.28. The molecule has 2 rings (SSSR count). The minimum atomic E-state index is 0.454. The molecular formula is C14H22N4. The first-order valence-electron chi connectivity index (χ1n) is 6.57. The molecule has 0 aliphatic heterocycles. The van der Waals surface area contributed by atoms with Gasteiger partial charge in [-0.2, -0.15) is 0 Å². The van der Waals surface area contributed by atoms with E-state index in [1.165, 1.54) is 11.4 Å². The summed E-state index contributed by atoms with van der Waals surface area (Å²) in [6, 6.07) is 4.72. The van der Waals surface area contributed by atoms with Crippen LogP contribution < -0.4 is 5.32 Å². The summed E-state index contributed by atoms with van der Waals surface area (Å²) in [5.41, 5.74) is 2.56. The van der Waals surface area contributed by atoms with Gasteiger partial charge in [0, 0.05) is 30.7 Å². The lowest BCUT2D eigenvalue weighted by atomic mass is 10.3. The molecule has 0 aliphatic carbocycles. The van der Waals surface area contributed by atoms with Crippen LogP contribution in [0.2, 0.25) is 0 Å². The second-order valence-electron chi connectivity index (χ2n) is 4.79. The molecule has 0 saturated carbocycles. The SMILES string of the molecule is CCNCc1cccn1Cc1cncn1C(C)C. The van der Waals surface area contributed by atoms with Gasteiger partial charge >= 0.3 is 0 Å². The van der Waals surface area contributed by atoms with Crippen LogP contribution in [0.4, 0.5) is 0 Å². The van der Waals surface area contributed by atoms with Gasteiger partial charge in [-0.05, 0) is 32.5 Å². The molecule has 0 atom stereocenters. The Balaban J connectivity index is 2.13. The molecule has 0 spiro atoms. The molecule has 0 aliphatic rings. The topological polar surface area (TPSA) is 34.8 Å². The van der Waals surface area contributed by atoms with Crippen molar-refractivity contribution in [1.29, 1.82) is 0 Å². The Morgan fingerprint density at radius 1 is 1.33 bits per heavy atom. The molecule has 4 heteroatoms. The number of aromatic nitrogens is 3. The number of hydrogen-bond acceptors (Lipinski definition) is 2. The smallest absolute Gasteiger partial charge is 0.0951 e. The van der Waals surface area contributed by atoms with Crippen LogP contribution in [-0.2, 0) is 13.1 Å². The van der Waals surface area contributed by atoms with Crippen LogP contribution in [0.1, 0.15) is 38.2 Å². The van der Waals surface area contributed by atoms with Gasteiger partial charge in [0.15, 0.2) is 0 Å². The summed E-state index contributed by atoms with van der Waals surface area (Å²) in [5, 5.41) is 3.36. The van der Waals surface area contributed by atoms with Gasteiger partial charge in [-0.25, -0.2) is 4.98 Å². The summed E-state index contributed by atoms with van der Waals surface area (Å²) in [7, 11) is 0. The van der Waals surface area contributed by atoms with Crippen LogP contribution in [0.5, 0.6) is 0 Å². The molecule has 2 heterocycles. The van der Waals surface area contributed by atoms with Crippen LogP contribution in [0.25, 0.3) is 0 Å². The van der Waals surface area contributed by atoms with Crippen molar-refractivity contribution in [1.82, 2.24) is 19.4 Å². The quantitative estimate of drug-likeness (QED) is 0.849. The Morgan fingerprint density at radius 3 is 2.89 bits per heavy atom. The number of nitrogens with zero attached hydrogens (tertiary/aromatic N) is 3. The Morgan fingerprint density at radius 2 is 2.17 bits per heavy atom. The maximum absolute atomic E-state index is 4.25. The second-order valence-corrected chi connectivity index (χ2v) is 4.79. The fourth-order valence-corrected chi connectivity index (χ4v) is 2.11.